The third-order valence-corrected chi connectivity index (χ3v) is 6.80. The molecule has 0 unspecified atom stereocenters. The van der Waals surface area contributed by atoms with E-state index in [2.05, 4.69) is 46.1 Å². The van der Waals surface area contributed by atoms with Gasteiger partial charge < -0.3 is 15.2 Å². The zero-order chi connectivity index (χ0) is 21.2. The van der Waals surface area contributed by atoms with Gasteiger partial charge >= 0.3 is 0 Å². The Morgan fingerprint density at radius 3 is 2.48 bits per heavy atom. The number of anilines is 1. The van der Waals surface area contributed by atoms with Crippen molar-refractivity contribution < 1.29 is 0 Å². The van der Waals surface area contributed by atoms with Crippen molar-refractivity contribution in [3.63, 3.8) is 0 Å². The number of hydrogen-bond acceptors (Lipinski definition) is 4. The summed E-state index contributed by atoms with van der Waals surface area (Å²) in [6.45, 7) is 2.72. The van der Waals surface area contributed by atoms with E-state index in [1.54, 1.807) is 4.68 Å². The zero-order valence-electron chi connectivity index (χ0n) is 18.1. The van der Waals surface area contributed by atoms with Gasteiger partial charge in [0.1, 0.15) is 5.69 Å². The fraction of sp³-hybridized carbons (Fsp3) is 0.440. The van der Waals surface area contributed by atoms with Crippen molar-refractivity contribution in [3.8, 4) is 11.1 Å². The Hall–Kier alpha value is -2.86. The van der Waals surface area contributed by atoms with E-state index in [0.29, 0.717) is 17.9 Å². The summed E-state index contributed by atoms with van der Waals surface area (Å²) in [7, 11) is 1.92. The quantitative estimate of drug-likeness (QED) is 0.643. The molecule has 1 aromatic carbocycles. The highest BCUT2D eigenvalue weighted by Crippen LogP contribution is 2.34. The molecule has 3 aromatic rings. The Labute approximate surface area is 183 Å². The van der Waals surface area contributed by atoms with Gasteiger partial charge in [0, 0.05) is 62.2 Å². The van der Waals surface area contributed by atoms with Crippen LogP contribution in [0, 0.1) is 5.92 Å². The first-order chi connectivity index (χ1) is 15.2. The van der Waals surface area contributed by atoms with Crippen LogP contribution in [0.25, 0.3) is 11.1 Å². The van der Waals surface area contributed by atoms with Crippen molar-refractivity contribution in [2.45, 2.75) is 44.2 Å². The fourth-order valence-electron chi connectivity index (χ4n) is 4.87. The smallest absolute Gasteiger partial charge is 0.273 e. The lowest BCUT2D eigenvalue weighted by atomic mass is 9.82. The van der Waals surface area contributed by atoms with Crippen LogP contribution in [0.15, 0.2) is 59.8 Å². The van der Waals surface area contributed by atoms with E-state index in [1.807, 2.05) is 36.3 Å². The van der Waals surface area contributed by atoms with Crippen LogP contribution >= 0.6 is 0 Å². The predicted molar refractivity (Wildman–Crippen MR) is 124 cm³/mol. The number of nitrogens with zero attached hydrogens (tertiary/aromatic N) is 3. The van der Waals surface area contributed by atoms with Crippen molar-refractivity contribution >= 4 is 5.69 Å². The van der Waals surface area contributed by atoms with E-state index >= 15 is 0 Å². The van der Waals surface area contributed by atoms with Crippen molar-refractivity contribution in [3.05, 3.63) is 70.9 Å². The topological polar surface area (TPSA) is 63.9 Å². The minimum absolute atomic E-state index is 0.0877. The Bertz CT molecular complexity index is 1070. The van der Waals surface area contributed by atoms with Gasteiger partial charge in [-0.3, -0.25) is 9.48 Å². The minimum Gasteiger partial charge on any atom is -0.378 e. The molecule has 0 spiro atoms. The summed E-state index contributed by atoms with van der Waals surface area (Å²) >= 11 is 0. The summed E-state index contributed by atoms with van der Waals surface area (Å²) in [5.74, 6) is 1.15. The zero-order valence-corrected chi connectivity index (χ0v) is 18.1. The normalized spacial score (nSPS) is 21.6. The number of rotatable bonds is 6. The molecule has 6 nitrogen and oxygen atoms in total. The molecule has 1 saturated carbocycles. The van der Waals surface area contributed by atoms with E-state index in [9.17, 15) is 4.79 Å². The average Bonchev–Trinajstić information content (AvgIpc) is 3.20. The minimum atomic E-state index is 0.0877. The van der Waals surface area contributed by atoms with Crippen molar-refractivity contribution in [2.75, 3.05) is 18.4 Å². The maximum Gasteiger partial charge on any atom is 0.273 e. The third-order valence-electron chi connectivity index (χ3n) is 6.80. The number of pyridine rings is 1. The molecule has 2 N–H and O–H groups in total. The van der Waals surface area contributed by atoms with Gasteiger partial charge in [0.05, 0.1) is 6.20 Å². The Morgan fingerprint density at radius 1 is 1.06 bits per heavy atom. The van der Waals surface area contributed by atoms with E-state index in [-0.39, 0.29) is 5.56 Å². The van der Waals surface area contributed by atoms with Gasteiger partial charge in [-0.2, -0.15) is 5.10 Å². The fourth-order valence-corrected chi connectivity index (χ4v) is 4.87. The van der Waals surface area contributed by atoms with Crippen LogP contribution < -0.4 is 16.2 Å². The highest BCUT2D eigenvalue weighted by atomic mass is 16.1. The summed E-state index contributed by atoms with van der Waals surface area (Å²) in [6.07, 6.45) is 10.4. The van der Waals surface area contributed by atoms with Crippen LogP contribution in [0.4, 0.5) is 5.69 Å². The summed E-state index contributed by atoms with van der Waals surface area (Å²) in [5, 5.41) is 11.2. The molecular formula is C25H31N5O. The SMILES string of the molecule is Cn1cc(-c2cc(NC3CCC(c4ccccc4)CC3)c(=O)n(CC3CNC3)c2)cn1. The summed E-state index contributed by atoms with van der Waals surface area (Å²) < 4.78 is 3.70. The molecule has 0 atom stereocenters. The monoisotopic (exact) mass is 417 g/mol. The molecule has 5 rings (SSSR count). The van der Waals surface area contributed by atoms with Gasteiger partial charge in [-0.25, -0.2) is 0 Å². The number of hydrogen-bond donors (Lipinski definition) is 2. The van der Waals surface area contributed by atoms with Crippen molar-refractivity contribution in [1.29, 1.82) is 0 Å². The number of aryl methyl sites for hydroxylation is 1. The first-order valence-electron chi connectivity index (χ1n) is 11.4. The summed E-state index contributed by atoms with van der Waals surface area (Å²) in [5.41, 5.74) is 4.33. The van der Waals surface area contributed by atoms with E-state index in [1.165, 1.54) is 5.56 Å². The van der Waals surface area contributed by atoms with Gasteiger partial charge in [0.15, 0.2) is 0 Å². The molecular weight excluding hydrogens is 386 g/mol. The van der Waals surface area contributed by atoms with Crippen LogP contribution in [-0.4, -0.2) is 33.5 Å². The van der Waals surface area contributed by atoms with Crippen LogP contribution in [0.3, 0.4) is 0 Å². The lowest BCUT2D eigenvalue weighted by molar-refractivity contribution is 0.304. The number of aromatic nitrogens is 3. The molecule has 6 heteroatoms. The molecule has 0 amide bonds. The average molecular weight is 418 g/mol. The van der Waals surface area contributed by atoms with E-state index in [4.69, 9.17) is 0 Å². The lowest BCUT2D eigenvalue weighted by Crippen LogP contribution is -2.45. The Morgan fingerprint density at radius 2 is 1.84 bits per heavy atom. The lowest BCUT2D eigenvalue weighted by Gasteiger charge is -2.31. The third kappa shape index (κ3) is 4.44. The van der Waals surface area contributed by atoms with Crippen LogP contribution in [-0.2, 0) is 13.6 Å². The van der Waals surface area contributed by atoms with Gasteiger partial charge in [-0.05, 0) is 43.2 Å². The molecule has 31 heavy (non-hydrogen) atoms. The molecule has 1 aliphatic carbocycles. The van der Waals surface area contributed by atoms with Gasteiger partial charge in [0.2, 0.25) is 0 Å². The molecule has 0 radical (unpaired) electrons. The second-order valence-electron chi connectivity index (χ2n) is 9.13. The largest absolute Gasteiger partial charge is 0.378 e. The molecule has 1 aliphatic heterocycles. The molecule has 0 bridgehead atoms. The molecule has 3 heterocycles. The first kappa shape index (κ1) is 20.1. The van der Waals surface area contributed by atoms with Gasteiger partial charge in [0.25, 0.3) is 5.56 Å². The molecule has 1 saturated heterocycles. The molecule has 2 fully saturated rings. The molecule has 2 aliphatic rings. The number of nitrogens with one attached hydrogen (secondary N) is 2. The standard InChI is InChI=1S/C25H31N5O/c1-29-16-22(14-27-29)21-11-24(25(31)30(17-21)15-18-12-26-13-18)28-23-9-7-20(8-10-23)19-5-3-2-4-6-19/h2-6,11,14,16-18,20,23,26,28H,7-10,12-13,15H2,1H3. The van der Waals surface area contributed by atoms with Crippen LogP contribution in [0.2, 0.25) is 0 Å². The molecule has 162 valence electrons. The summed E-state index contributed by atoms with van der Waals surface area (Å²) in [6, 6.07) is 13.2. The molecule has 2 aromatic heterocycles. The Kier molecular flexibility index (Phi) is 5.64. The highest BCUT2D eigenvalue weighted by molar-refractivity contribution is 5.65. The maximum absolute atomic E-state index is 13.3. The highest BCUT2D eigenvalue weighted by Gasteiger charge is 2.24. The van der Waals surface area contributed by atoms with Crippen molar-refractivity contribution in [1.82, 2.24) is 19.7 Å². The first-order valence-corrected chi connectivity index (χ1v) is 11.4. The van der Waals surface area contributed by atoms with Crippen molar-refractivity contribution in [2.24, 2.45) is 13.0 Å². The van der Waals surface area contributed by atoms with Crippen LogP contribution in [0.5, 0.6) is 0 Å². The summed E-state index contributed by atoms with van der Waals surface area (Å²) in [4.78, 5) is 13.3. The van der Waals surface area contributed by atoms with Gasteiger partial charge in [-0.1, -0.05) is 30.3 Å². The maximum atomic E-state index is 13.3. The number of benzene rings is 1. The predicted octanol–water partition coefficient (Wildman–Crippen LogP) is 3.61. The van der Waals surface area contributed by atoms with E-state index < -0.39 is 0 Å². The van der Waals surface area contributed by atoms with Gasteiger partial charge in [-0.15, -0.1) is 0 Å². The Balaban J connectivity index is 1.35. The van der Waals surface area contributed by atoms with Crippen LogP contribution in [0.1, 0.15) is 37.2 Å². The second kappa shape index (κ2) is 8.71. The second-order valence-corrected chi connectivity index (χ2v) is 9.13. The van der Waals surface area contributed by atoms with E-state index in [0.717, 1.165) is 62.1 Å².